The van der Waals surface area contributed by atoms with Gasteiger partial charge in [-0.25, -0.2) is 0 Å². The molecule has 0 spiro atoms. The van der Waals surface area contributed by atoms with E-state index >= 15 is 0 Å². The Bertz CT molecular complexity index is 819. The van der Waals surface area contributed by atoms with Gasteiger partial charge in [-0.2, -0.15) is 0 Å². The Kier molecular flexibility index (Phi) is 11.2. The summed E-state index contributed by atoms with van der Waals surface area (Å²) in [5.41, 5.74) is 7.43. The molecule has 192 valence electrons. The molecule has 0 saturated carbocycles. The molecule has 1 heterocycles. The van der Waals surface area contributed by atoms with Crippen molar-refractivity contribution in [3.63, 3.8) is 0 Å². The minimum Gasteiger partial charge on any atom is -0.395 e. The Labute approximate surface area is 212 Å². The number of aliphatic hydroxyl groups excluding tert-OH is 1. The highest BCUT2D eigenvalue weighted by molar-refractivity contribution is 5.91. The van der Waals surface area contributed by atoms with Crippen LogP contribution < -0.4 is 11.1 Å². The zero-order valence-electron chi connectivity index (χ0n) is 21.5. The second-order valence-corrected chi connectivity index (χ2v) is 10.2. The van der Waals surface area contributed by atoms with E-state index in [0.29, 0.717) is 0 Å². The van der Waals surface area contributed by atoms with E-state index in [9.17, 15) is 4.79 Å². The third-order valence-electron chi connectivity index (χ3n) is 7.65. The molecule has 2 aromatic carbocycles. The number of primary amides is 1. The van der Waals surface area contributed by atoms with E-state index in [2.05, 4.69) is 34.5 Å². The molecule has 0 aromatic heterocycles. The van der Waals surface area contributed by atoms with Crippen molar-refractivity contribution < 1.29 is 9.90 Å². The van der Waals surface area contributed by atoms with Gasteiger partial charge in [0.15, 0.2) is 0 Å². The highest BCUT2D eigenvalue weighted by atomic mass is 16.3. The molecular weight excluding hydrogens is 434 g/mol. The van der Waals surface area contributed by atoms with Gasteiger partial charge < -0.3 is 21.1 Å². The molecule has 1 saturated heterocycles. The summed E-state index contributed by atoms with van der Waals surface area (Å²) in [5, 5.41) is 12.4. The lowest BCUT2D eigenvalue weighted by atomic mass is 9.64. The number of aliphatic hydroxyl groups is 1. The third-order valence-corrected chi connectivity index (χ3v) is 7.65. The van der Waals surface area contributed by atoms with Gasteiger partial charge in [-0.15, -0.1) is 0 Å². The first-order chi connectivity index (χ1) is 17.1. The van der Waals surface area contributed by atoms with Crippen LogP contribution in [0.15, 0.2) is 60.7 Å². The van der Waals surface area contributed by atoms with Crippen molar-refractivity contribution in [2.75, 3.05) is 32.8 Å². The molecule has 1 fully saturated rings. The van der Waals surface area contributed by atoms with Crippen molar-refractivity contribution in [2.45, 2.75) is 69.7 Å². The van der Waals surface area contributed by atoms with Gasteiger partial charge in [-0.3, -0.25) is 4.79 Å². The lowest BCUT2D eigenvalue weighted by Gasteiger charge is -2.37. The van der Waals surface area contributed by atoms with Gasteiger partial charge in [0.25, 0.3) is 0 Å². The molecule has 1 aliphatic heterocycles. The summed E-state index contributed by atoms with van der Waals surface area (Å²) < 4.78 is 0. The van der Waals surface area contributed by atoms with E-state index in [1.54, 1.807) is 0 Å². The standard InChI is InChI=1S/C30H45N3O2/c1-25(24-34)32-20-13-5-3-2-4-6-14-21-33-22-19-28(23-33)30(29(31)35,26-15-9-7-10-16-26)27-17-11-8-12-18-27/h7-12,15-18,25,28,32,34H,2-6,13-14,19-24H2,1H3,(H2,31,35)/t25?,28-/m1/s1. The lowest BCUT2D eigenvalue weighted by molar-refractivity contribution is -0.123. The summed E-state index contributed by atoms with van der Waals surface area (Å²) in [6.45, 7) is 6.25. The lowest BCUT2D eigenvalue weighted by Crippen LogP contribution is -2.49. The number of carbonyl (C=O) groups is 1. The minimum absolute atomic E-state index is 0.173. The minimum atomic E-state index is -0.791. The Morgan fingerprint density at radius 2 is 1.51 bits per heavy atom. The molecule has 5 nitrogen and oxygen atoms in total. The second kappa shape index (κ2) is 14.4. The summed E-state index contributed by atoms with van der Waals surface area (Å²) in [6.07, 6.45) is 9.77. The number of hydrogen-bond acceptors (Lipinski definition) is 4. The molecule has 0 radical (unpaired) electrons. The number of hydrogen-bond donors (Lipinski definition) is 3. The van der Waals surface area contributed by atoms with Crippen LogP contribution in [0.1, 0.15) is 69.4 Å². The van der Waals surface area contributed by atoms with Crippen LogP contribution in [0.25, 0.3) is 0 Å². The van der Waals surface area contributed by atoms with E-state index in [1.165, 1.54) is 44.9 Å². The maximum absolute atomic E-state index is 13.2. The van der Waals surface area contributed by atoms with Crippen molar-refractivity contribution in [2.24, 2.45) is 11.7 Å². The molecule has 4 N–H and O–H groups in total. The van der Waals surface area contributed by atoms with E-state index in [1.807, 2.05) is 43.3 Å². The van der Waals surface area contributed by atoms with Crippen LogP contribution in [0.4, 0.5) is 0 Å². The number of benzene rings is 2. The zero-order valence-corrected chi connectivity index (χ0v) is 21.5. The van der Waals surface area contributed by atoms with Crippen LogP contribution >= 0.6 is 0 Å². The monoisotopic (exact) mass is 479 g/mol. The molecule has 35 heavy (non-hydrogen) atoms. The number of carbonyl (C=O) groups excluding carboxylic acids is 1. The van der Waals surface area contributed by atoms with Crippen LogP contribution in [0.2, 0.25) is 0 Å². The number of nitrogens with two attached hydrogens (primary N) is 1. The fourth-order valence-corrected chi connectivity index (χ4v) is 5.67. The van der Waals surface area contributed by atoms with Crippen molar-refractivity contribution in [3.8, 4) is 0 Å². The molecule has 1 unspecified atom stereocenters. The molecule has 1 amide bonds. The summed E-state index contributed by atoms with van der Waals surface area (Å²) in [5.74, 6) is -0.0743. The molecule has 0 bridgehead atoms. The van der Waals surface area contributed by atoms with Crippen LogP contribution in [-0.4, -0.2) is 54.7 Å². The van der Waals surface area contributed by atoms with Gasteiger partial charge in [0.05, 0.1) is 6.61 Å². The first kappa shape index (κ1) is 27.4. The second-order valence-electron chi connectivity index (χ2n) is 10.2. The zero-order chi connectivity index (χ0) is 24.9. The van der Waals surface area contributed by atoms with Crippen LogP contribution in [0, 0.1) is 5.92 Å². The third kappa shape index (κ3) is 7.39. The van der Waals surface area contributed by atoms with Crippen molar-refractivity contribution in [1.82, 2.24) is 10.2 Å². The average Bonchev–Trinajstić information content (AvgIpc) is 3.35. The number of unbranched alkanes of at least 4 members (excludes halogenated alkanes) is 6. The predicted octanol–water partition coefficient (Wildman–Crippen LogP) is 4.48. The first-order valence-electron chi connectivity index (χ1n) is 13.6. The highest BCUT2D eigenvalue weighted by Crippen LogP contribution is 2.43. The van der Waals surface area contributed by atoms with E-state index in [4.69, 9.17) is 10.8 Å². The summed E-state index contributed by atoms with van der Waals surface area (Å²) >= 11 is 0. The Hall–Kier alpha value is -2.21. The molecule has 2 atom stereocenters. The smallest absolute Gasteiger partial charge is 0.232 e. The Morgan fingerprint density at radius 3 is 2.06 bits per heavy atom. The van der Waals surface area contributed by atoms with Crippen LogP contribution in [0.3, 0.4) is 0 Å². The van der Waals surface area contributed by atoms with E-state index in [-0.39, 0.29) is 24.5 Å². The average molecular weight is 480 g/mol. The van der Waals surface area contributed by atoms with Gasteiger partial charge in [0, 0.05) is 12.6 Å². The number of likely N-dealkylation sites (tertiary alicyclic amines) is 1. The van der Waals surface area contributed by atoms with Crippen molar-refractivity contribution >= 4 is 5.91 Å². The fraction of sp³-hybridized carbons (Fsp3) is 0.567. The SMILES string of the molecule is CC(CO)NCCCCCCCCCN1CC[C@@H](C(C(N)=O)(c2ccccc2)c2ccccc2)C1. The van der Waals surface area contributed by atoms with E-state index in [0.717, 1.165) is 43.7 Å². The number of nitrogens with zero attached hydrogens (tertiary/aromatic N) is 1. The molecule has 3 rings (SSSR count). The molecule has 0 aliphatic carbocycles. The molecular formula is C30H45N3O2. The summed E-state index contributed by atoms with van der Waals surface area (Å²) in [7, 11) is 0. The quantitative estimate of drug-likeness (QED) is 0.310. The molecule has 5 heteroatoms. The van der Waals surface area contributed by atoms with Crippen molar-refractivity contribution in [1.29, 1.82) is 0 Å². The largest absolute Gasteiger partial charge is 0.395 e. The fourth-order valence-electron chi connectivity index (χ4n) is 5.67. The number of amides is 1. The van der Waals surface area contributed by atoms with Gasteiger partial charge >= 0.3 is 0 Å². The van der Waals surface area contributed by atoms with Gasteiger partial charge in [0.2, 0.25) is 5.91 Å². The normalized spacial score (nSPS) is 17.5. The maximum Gasteiger partial charge on any atom is 0.232 e. The number of nitrogens with one attached hydrogen (secondary N) is 1. The van der Waals surface area contributed by atoms with Crippen LogP contribution in [0.5, 0.6) is 0 Å². The summed E-state index contributed by atoms with van der Waals surface area (Å²) in [6, 6.07) is 20.5. The van der Waals surface area contributed by atoms with Crippen LogP contribution in [-0.2, 0) is 10.2 Å². The molecule has 2 aromatic rings. The topological polar surface area (TPSA) is 78.6 Å². The Balaban J connectivity index is 1.47. The Morgan fingerprint density at radius 1 is 0.971 bits per heavy atom. The van der Waals surface area contributed by atoms with Gasteiger partial charge in [0.1, 0.15) is 5.41 Å². The summed E-state index contributed by atoms with van der Waals surface area (Å²) in [4.78, 5) is 15.7. The predicted molar refractivity (Wildman–Crippen MR) is 144 cm³/mol. The number of rotatable bonds is 16. The van der Waals surface area contributed by atoms with Gasteiger partial charge in [-0.05, 0) is 62.9 Å². The van der Waals surface area contributed by atoms with Crippen molar-refractivity contribution in [3.05, 3.63) is 71.8 Å². The van der Waals surface area contributed by atoms with Gasteiger partial charge in [-0.1, -0.05) is 92.8 Å². The first-order valence-corrected chi connectivity index (χ1v) is 13.6. The maximum atomic E-state index is 13.2. The molecule has 1 aliphatic rings. The van der Waals surface area contributed by atoms with E-state index < -0.39 is 5.41 Å². The highest BCUT2D eigenvalue weighted by Gasteiger charge is 2.49.